The Morgan fingerprint density at radius 1 is 1.10 bits per heavy atom. The molecule has 0 aliphatic carbocycles. The molecule has 0 saturated carbocycles. The molecule has 1 N–H and O–H groups in total. The quantitative estimate of drug-likeness (QED) is 0.920. The van der Waals surface area contributed by atoms with E-state index in [1.807, 2.05) is 12.1 Å². The second kappa shape index (κ2) is 7.30. The lowest BCUT2D eigenvalue weighted by molar-refractivity contribution is 0.0213. The van der Waals surface area contributed by atoms with Crippen LogP contribution >= 0.6 is 23.2 Å². The fourth-order valence-electron chi connectivity index (χ4n) is 3.47. The molecule has 3 rings (SSSR count). The van der Waals surface area contributed by atoms with Crippen LogP contribution < -0.4 is 5.32 Å². The number of hydrogen-bond donors (Lipinski definition) is 1. The molecule has 0 unspecified atom stereocenters. The number of hydrogen-bond acceptors (Lipinski definition) is 3. The highest BCUT2D eigenvalue weighted by atomic mass is 35.5. The van der Waals surface area contributed by atoms with Crippen LogP contribution in [0.25, 0.3) is 0 Å². The van der Waals surface area contributed by atoms with Crippen LogP contribution in [0, 0.1) is 5.92 Å². The van der Waals surface area contributed by atoms with E-state index in [1.54, 1.807) is 0 Å². The van der Waals surface area contributed by atoms with Crippen LogP contribution in [0.5, 0.6) is 0 Å². The summed E-state index contributed by atoms with van der Waals surface area (Å²) >= 11 is 12.3. The monoisotopic (exact) mass is 328 g/mol. The Bertz CT molecular complexity index is 453. The highest BCUT2D eigenvalue weighted by Crippen LogP contribution is 2.37. The maximum atomic E-state index is 6.25. The molecule has 0 spiro atoms. The molecule has 116 valence electrons. The molecular formula is C16H22Cl2N2O. The van der Waals surface area contributed by atoms with Crippen LogP contribution in [0.2, 0.25) is 10.0 Å². The van der Waals surface area contributed by atoms with E-state index in [-0.39, 0.29) is 0 Å². The van der Waals surface area contributed by atoms with E-state index >= 15 is 0 Å². The van der Waals surface area contributed by atoms with Gasteiger partial charge in [-0.2, -0.15) is 0 Å². The maximum absolute atomic E-state index is 6.25. The lowest BCUT2D eigenvalue weighted by atomic mass is 9.85. The molecule has 2 saturated heterocycles. The molecule has 2 aliphatic rings. The fraction of sp³-hybridized carbons (Fsp3) is 0.625. The molecule has 0 radical (unpaired) electrons. The van der Waals surface area contributed by atoms with E-state index < -0.39 is 0 Å². The predicted octanol–water partition coefficient (Wildman–Crippen LogP) is 3.37. The smallest absolute Gasteiger partial charge is 0.0595 e. The zero-order valence-electron chi connectivity index (χ0n) is 12.2. The van der Waals surface area contributed by atoms with Crippen molar-refractivity contribution in [1.29, 1.82) is 0 Å². The van der Waals surface area contributed by atoms with Crippen molar-refractivity contribution in [2.24, 2.45) is 5.92 Å². The summed E-state index contributed by atoms with van der Waals surface area (Å²) in [6, 6.07) is 6.53. The minimum atomic E-state index is 0.422. The highest BCUT2D eigenvalue weighted by Gasteiger charge is 2.31. The molecule has 2 fully saturated rings. The zero-order chi connectivity index (χ0) is 14.7. The number of ether oxygens (including phenoxy) is 1. The topological polar surface area (TPSA) is 24.5 Å². The van der Waals surface area contributed by atoms with Gasteiger partial charge in [0.25, 0.3) is 0 Å². The van der Waals surface area contributed by atoms with Crippen LogP contribution in [0.15, 0.2) is 18.2 Å². The number of piperazine rings is 1. The number of nitrogens with zero attached hydrogens (tertiary/aromatic N) is 1. The van der Waals surface area contributed by atoms with Gasteiger partial charge in [-0.25, -0.2) is 0 Å². The van der Waals surface area contributed by atoms with Crippen molar-refractivity contribution >= 4 is 23.2 Å². The van der Waals surface area contributed by atoms with Crippen molar-refractivity contribution < 1.29 is 4.74 Å². The van der Waals surface area contributed by atoms with Crippen LogP contribution in [-0.2, 0) is 4.74 Å². The van der Waals surface area contributed by atoms with Gasteiger partial charge in [0.2, 0.25) is 0 Å². The SMILES string of the molecule is Clc1ccc([C@@H](C2CCOCC2)N2CCNCC2)cc1Cl. The summed E-state index contributed by atoms with van der Waals surface area (Å²) in [6.07, 6.45) is 2.24. The van der Waals surface area contributed by atoms with Crippen LogP contribution in [0.3, 0.4) is 0 Å². The first-order valence-corrected chi connectivity index (χ1v) is 8.49. The Labute approximate surface area is 136 Å². The summed E-state index contributed by atoms with van der Waals surface area (Å²) in [4.78, 5) is 2.59. The largest absolute Gasteiger partial charge is 0.381 e. The number of rotatable bonds is 3. The molecule has 1 atom stereocenters. The second-order valence-corrected chi connectivity index (χ2v) is 6.67. The first-order valence-electron chi connectivity index (χ1n) is 7.73. The molecule has 5 heteroatoms. The van der Waals surface area contributed by atoms with Gasteiger partial charge in [0.05, 0.1) is 10.0 Å². The van der Waals surface area contributed by atoms with Crippen molar-refractivity contribution in [2.45, 2.75) is 18.9 Å². The standard InChI is InChI=1S/C16H22Cl2N2O/c17-14-2-1-13(11-15(14)18)16(12-3-9-21-10-4-12)20-7-5-19-6-8-20/h1-2,11-12,16,19H,3-10H2/t16-/m1/s1. The second-order valence-electron chi connectivity index (χ2n) is 5.85. The predicted molar refractivity (Wildman–Crippen MR) is 87.2 cm³/mol. The number of benzene rings is 1. The number of nitrogens with one attached hydrogen (secondary N) is 1. The maximum Gasteiger partial charge on any atom is 0.0595 e. The third-order valence-electron chi connectivity index (χ3n) is 4.54. The van der Waals surface area contributed by atoms with E-state index in [1.165, 1.54) is 5.56 Å². The summed E-state index contributed by atoms with van der Waals surface area (Å²) in [7, 11) is 0. The minimum absolute atomic E-state index is 0.422. The molecule has 0 aromatic heterocycles. The summed E-state index contributed by atoms with van der Waals surface area (Å²) in [5.74, 6) is 0.633. The molecule has 3 nitrogen and oxygen atoms in total. The molecule has 21 heavy (non-hydrogen) atoms. The third kappa shape index (κ3) is 3.72. The zero-order valence-corrected chi connectivity index (χ0v) is 13.7. The van der Waals surface area contributed by atoms with Crippen molar-refractivity contribution in [2.75, 3.05) is 39.4 Å². The number of halogens is 2. The summed E-state index contributed by atoms with van der Waals surface area (Å²) in [5.41, 5.74) is 1.29. The van der Waals surface area contributed by atoms with E-state index in [4.69, 9.17) is 27.9 Å². The molecule has 0 amide bonds. The summed E-state index contributed by atoms with van der Waals surface area (Å²) in [6.45, 7) is 6.02. The van der Waals surface area contributed by atoms with Gasteiger partial charge in [-0.1, -0.05) is 29.3 Å². The van der Waals surface area contributed by atoms with Crippen molar-refractivity contribution in [1.82, 2.24) is 10.2 Å². The van der Waals surface area contributed by atoms with Crippen LogP contribution in [-0.4, -0.2) is 44.3 Å². The third-order valence-corrected chi connectivity index (χ3v) is 5.28. The first-order chi connectivity index (χ1) is 10.3. The van der Waals surface area contributed by atoms with Gasteiger partial charge < -0.3 is 10.1 Å². The Morgan fingerprint density at radius 3 is 2.48 bits per heavy atom. The molecular weight excluding hydrogens is 307 g/mol. The van der Waals surface area contributed by atoms with Crippen LogP contribution in [0.4, 0.5) is 0 Å². The molecule has 0 bridgehead atoms. The van der Waals surface area contributed by atoms with Gasteiger partial charge in [-0.15, -0.1) is 0 Å². The lowest BCUT2D eigenvalue weighted by Crippen LogP contribution is -2.47. The molecule has 1 aromatic rings. The first kappa shape index (κ1) is 15.6. The van der Waals surface area contributed by atoms with Crippen LogP contribution in [0.1, 0.15) is 24.4 Å². The average molecular weight is 329 g/mol. The minimum Gasteiger partial charge on any atom is -0.381 e. The Morgan fingerprint density at radius 2 is 1.81 bits per heavy atom. The van der Waals surface area contributed by atoms with Gasteiger partial charge in [0, 0.05) is 45.4 Å². The van der Waals surface area contributed by atoms with E-state index in [0.717, 1.165) is 52.2 Å². The van der Waals surface area contributed by atoms with Crippen molar-refractivity contribution in [3.05, 3.63) is 33.8 Å². The van der Waals surface area contributed by atoms with Gasteiger partial charge in [0.15, 0.2) is 0 Å². The lowest BCUT2D eigenvalue weighted by Gasteiger charge is -2.41. The normalized spacial score (nSPS) is 23.1. The Kier molecular flexibility index (Phi) is 5.41. The molecule has 2 heterocycles. The van der Waals surface area contributed by atoms with E-state index in [2.05, 4.69) is 16.3 Å². The van der Waals surface area contributed by atoms with E-state index in [9.17, 15) is 0 Å². The van der Waals surface area contributed by atoms with Gasteiger partial charge in [-0.05, 0) is 36.5 Å². The van der Waals surface area contributed by atoms with E-state index in [0.29, 0.717) is 22.0 Å². The van der Waals surface area contributed by atoms with Crippen molar-refractivity contribution in [3.63, 3.8) is 0 Å². The summed E-state index contributed by atoms with van der Waals surface area (Å²) in [5, 5.41) is 4.72. The average Bonchev–Trinajstić information content (AvgIpc) is 2.53. The highest BCUT2D eigenvalue weighted by molar-refractivity contribution is 6.42. The summed E-state index contributed by atoms with van der Waals surface area (Å²) < 4.78 is 5.54. The van der Waals surface area contributed by atoms with Gasteiger partial charge >= 0.3 is 0 Å². The Hall–Kier alpha value is -0.320. The van der Waals surface area contributed by atoms with Crippen molar-refractivity contribution in [3.8, 4) is 0 Å². The van der Waals surface area contributed by atoms with Gasteiger partial charge in [-0.3, -0.25) is 4.90 Å². The molecule has 1 aromatic carbocycles. The molecule has 2 aliphatic heterocycles. The fourth-order valence-corrected chi connectivity index (χ4v) is 3.78. The van der Waals surface area contributed by atoms with Gasteiger partial charge in [0.1, 0.15) is 0 Å². The Balaban J connectivity index is 1.87.